The first-order chi connectivity index (χ1) is 28.8. The van der Waals surface area contributed by atoms with Crippen molar-refractivity contribution in [1.82, 2.24) is 15.3 Å². The monoisotopic (exact) mass is 890 g/mol. The van der Waals surface area contributed by atoms with Gasteiger partial charge in [-0.05, 0) is 110 Å². The second kappa shape index (κ2) is 20.5. The number of fused-ring (bicyclic) bond motifs is 1. The highest BCUT2D eigenvalue weighted by Crippen LogP contribution is 2.30. The Balaban J connectivity index is 0.000000259. The molecule has 0 unspecified atom stereocenters. The zero-order valence-corrected chi connectivity index (χ0v) is 35.6. The summed E-state index contributed by atoms with van der Waals surface area (Å²) < 4.78 is 107. The molecule has 61 heavy (non-hydrogen) atoms. The van der Waals surface area contributed by atoms with Gasteiger partial charge in [-0.3, -0.25) is 9.11 Å². The lowest BCUT2D eigenvalue weighted by Gasteiger charge is -2.11. The number of nitrogens with zero attached hydrogens (tertiary/aromatic N) is 2. The van der Waals surface area contributed by atoms with Crippen LogP contribution in [0.2, 0.25) is 0 Å². The van der Waals surface area contributed by atoms with Crippen LogP contribution >= 0.6 is 0 Å². The fraction of sp³-hybridized carbons (Fsp3) is 0.163. The number of aromatic nitrogens is 2. The maximum Gasteiger partial charge on any atom is 0.294 e. The smallest absolute Gasteiger partial charge is 0.294 e. The van der Waals surface area contributed by atoms with Crippen LogP contribution in [0.5, 0.6) is 5.75 Å². The van der Waals surface area contributed by atoms with Crippen LogP contribution in [-0.2, 0) is 43.2 Å². The molecule has 0 radical (unpaired) electrons. The van der Waals surface area contributed by atoms with Crippen molar-refractivity contribution < 1.29 is 47.9 Å². The molecule has 2 heterocycles. The van der Waals surface area contributed by atoms with Crippen LogP contribution < -0.4 is 15.4 Å². The highest BCUT2D eigenvalue weighted by molar-refractivity contribution is 7.90. The maximum atomic E-state index is 13.4. The molecule has 0 fully saturated rings. The van der Waals surface area contributed by atoms with Gasteiger partial charge in [-0.1, -0.05) is 47.5 Å². The van der Waals surface area contributed by atoms with E-state index in [1.54, 1.807) is 30.3 Å². The van der Waals surface area contributed by atoms with Crippen LogP contribution in [0.1, 0.15) is 22.5 Å². The molecule has 2 aromatic heterocycles. The van der Waals surface area contributed by atoms with Crippen LogP contribution in [0.4, 0.5) is 15.9 Å². The van der Waals surface area contributed by atoms with Gasteiger partial charge in [0.1, 0.15) is 51.7 Å². The van der Waals surface area contributed by atoms with Crippen molar-refractivity contribution in [2.45, 2.75) is 36.8 Å². The number of aryl methyl sites for hydroxylation is 2. The molecule has 18 heteroatoms. The number of sulfone groups is 1. The lowest BCUT2D eigenvalue weighted by molar-refractivity contribution is 0.305. The third-order valence-electron chi connectivity index (χ3n) is 8.58. The normalized spacial score (nSPS) is 11.5. The molecule has 7 aromatic rings. The molecule has 7 rings (SSSR count). The van der Waals surface area contributed by atoms with Crippen molar-refractivity contribution in [2.24, 2.45) is 0 Å². The summed E-state index contributed by atoms with van der Waals surface area (Å²) in [4.78, 5) is 8.69. The van der Waals surface area contributed by atoms with Gasteiger partial charge >= 0.3 is 0 Å². The predicted octanol–water partition coefficient (Wildman–Crippen LogP) is 7.97. The lowest BCUT2D eigenvalue weighted by atomic mass is 10.1. The number of hydrogen-bond donors (Lipinski definition) is 4. The standard InChI is InChI=1S/C29H27FN4O4S.2C7H8O3S/c1-39(35,36)14-13-31-17-25-10-12-28(38-25)21-5-11-27-26(16-21)29(33-19-32-27)34-23-6-8-24(9-7-23)37-18-20-3-2-4-22(30)15-20;2*1-6-2-4-7(5-3-6)11(8,9)10/h2-12,15-16,19,31H,13-14,17-18H2,1H3,(H,32,33,34);2*2-5H,1H3,(H,8,9,10). The van der Waals surface area contributed by atoms with E-state index in [9.17, 15) is 29.6 Å². The second-order valence-electron chi connectivity index (χ2n) is 13.7. The topological polar surface area (TPSA) is 215 Å². The van der Waals surface area contributed by atoms with E-state index < -0.39 is 30.1 Å². The quantitative estimate of drug-likeness (QED) is 0.0638. The summed E-state index contributed by atoms with van der Waals surface area (Å²) in [6, 6.07) is 35.3. The van der Waals surface area contributed by atoms with Gasteiger partial charge in [0.15, 0.2) is 0 Å². The van der Waals surface area contributed by atoms with E-state index in [-0.39, 0.29) is 28.0 Å². The summed E-state index contributed by atoms with van der Waals surface area (Å²) in [7, 11) is -11.0. The van der Waals surface area contributed by atoms with Gasteiger partial charge in [0.25, 0.3) is 20.2 Å². The number of hydrogen-bond acceptors (Lipinski definition) is 12. The fourth-order valence-electron chi connectivity index (χ4n) is 5.39. The Kier molecular flexibility index (Phi) is 15.5. The third-order valence-corrected chi connectivity index (χ3v) is 11.3. The number of benzene rings is 5. The van der Waals surface area contributed by atoms with Crippen LogP contribution in [-0.4, -0.2) is 62.9 Å². The van der Waals surface area contributed by atoms with Crippen LogP contribution in [0.15, 0.2) is 148 Å². The zero-order valence-electron chi connectivity index (χ0n) is 33.2. The summed E-state index contributed by atoms with van der Waals surface area (Å²) in [6.45, 7) is 4.74. The molecule has 320 valence electrons. The minimum Gasteiger partial charge on any atom is -0.489 e. The van der Waals surface area contributed by atoms with Crippen LogP contribution in [0.25, 0.3) is 22.2 Å². The first kappa shape index (κ1) is 46.1. The first-order valence-corrected chi connectivity index (χ1v) is 23.3. The SMILES string of the molecule is CS(=O)(=O)CCNCc1ccc(-c2ccc3ncnc(Nc4ccc(OCc5cccc(F)c5)cc4)c3c2)o1.Cc1ccc(S(=O)(=O)O)cc1.Cc1ccc(S(=O)(=O)O)cc1. The van der Waals surface area contributed by atoms with Crippen molar-refractivity contribution in [1.29, 1.82) is 0 Å². The highest BCUT2D eigenvalue weighted by Gasteiger charge is 2.12. The van der Waals surface area contributed by atoms with E-state index in [0.717, 1.165) is 38.8 Å². The minimum absolute atomic E-state index is 0.0666. The molecule has 0 saturated heterocycles. The maximum absolute atomic E-state index is 13.4. The molecule has 5 aromatic carbocycles. The van der Waals surface area contributed by atoms with E-state index in [1.807, 2.05) is 74.5 Å². The molecule has 4 N–H and O–H groups in total. The second-order valence-corrected chi connectivity index (χ2v) is 18.8. The highest BCUT2D eigenvalue weighted by atomic mass is 32.2. The molecule has 0 bridgehead atoms. The van der Waals surface area contributed by atoms with Crippen LogP contribution in [0, 0.1) is 19.7 Å². The van der Waals surface area contributed by atoms with Gasteiger partial charge < -0.3 is 19.8 Å². The molecular formula is C43H43FN4O10S3. The van der Waals surface area contributed by atoms with Gasteiger partial charge in [-0.2, -0.15) is 16.8 Å². The summed E-state index contributed by atoms with van der Waals surface area (Å²) >= 11 is 0. The van der Waals surface area contributed by atoms with E-state index in [4.69, 9.17) is 18.3 Å². The summed E-state index contributed by atoms with van der Waals surface area (Å²) in [5.74, 6) is 2.49. The fourth-order valence-corrected chi connectivity index (χ4v) is 6.87. The number of ether oxygens (including phenoxy) is 1. The van der Waals surface area contributed by atoms with Gasteiger partial charge in [0, 0.05) is 29.4 Å². The Morgan fingerprint density at radius 1 is 0.721 bits per heavy atom. The van der Waals surface area contributed by atoms with Crippen LogP contribution in [0.3, 0.4) is 0 Å². The average Bonchev–Trinajstić information content (AvgIpc) is 3.68. The summed E-state index contributed by atoms with van der Waals surface area (Å²) in [5.41, 5.74) is 5.13. The Morgan fingerprint density at radius 3 is 1.92 bits per heavy atom. The van der Waals surface area contributed by atoms with E-state index in [1.165, 1.54) is 49.0 Å². The van der Waals surface area contributed by atoms with Gasteiger partial charge in [-0.25, -0.2) is 22.8 Å². The van der Waals surface area contributed by atoms with Crippen molar-refractivity contribution in [3.8, 4) is 17.1 Å². The number of rotatable bonds is 13. The molecule has 0 atom stereocenters. The average molecular weight is 891 g/mol. The Morgan fingerprint density at radius 2 is 1.34 bits per heavy atom. The number of furan rings is 1. The number of halogens is 1. The minimum atomic E-state index is -4.02. The largest absolute Gasteiger partial charge is 0.489 e. The van der Waals surface area contributed by atoms with Crippen molar-refractivity contribution >= 4 is 52.5 Å². The molecule has 0 spiro atoms. The van der Waals surface area contributed by atoms with E-state index in [2.05, 4.69) is 20.6 Å². The first-order valence-electron chi connectivity index (χ1n) is 18.4. The lowest BCUT2D eigenvalue weighted by Crippen LogP contribution is -2.21. The van der Waals surface area contributed by atoms with E-state index >= 15 is 0 Å². The van der Waals surface area contributed by atoms with Crippen molar-refractivity contribution in [3.05, 3.63) is 162 Å². The Labute approximate surface area is 353 Å². The Hall–Kier alpha value is -6.02. The van der Waals surface area contributed by atoms with Crippen molar-refractivity contribution in [3.63, 3.8) is 0 Å². The zero-order chi connectivity index (χ0) is 44.2. The Bertz CT molecular complexity index is 2820. The van der Waals surface area contributed by atoms with Gasteiger partial charge in [0.05, 0.1) is 27.6 Å². The summed E-state index contributed by atoms with van der Waals surface area (Å²) in [5, 5.41) is 7.25. The number of anilines is 2. The molecule has 0 amide bonds. The van der Waals surface area contributed by atoms with Gasteiger partial charge in [0.2, 0.25) is 0 Å². The predicted molar refractivity (Wildman–Crippen MR) is 231 cm³/mol. The van der Waals surface area contributed by atoms with Gasteiger partial charge in [-0.15, -0.1) is 0 Å². The molecule has 0 aliphatic heterocycles. The third kappa shape index (κ3) is 14.9. The van der Waals surface area contributed by atoms with Crippen molar-refractivity contribution in [2.75, 3.05) is 23.9 Å². The molecular weight excluding hydrogens is 848 g/mol. The molecule has 0 aliphatic carbocycles. The molecule has 14 nitrogen and oxygen atoms in total. The van der Waals surface area contributed by atoms with E-state index in [0.29, 0.717) is 36.2 Å². The molecule has 0 aliphatic rings. The molecule has 0 saturated carbocycles. The number of nitrogens with one attached hydrogen (secondary N) is 2. The summed E-state index contributed by atoms with van der Waals surface area (Å²) in [6.07, 6.45) is 2.72.